The predicted octanol–water partition coefficient (Wildman–Crippen LogP) is 1.82. The Morgan fingerprint density at radius 3 is 2.44 bits per heavy atom. The van der Waals surface area contributed by atoms with Crippen LogP contribution in [0.3, 0.4) is 0 Å². The van der Waals surface area contributed by atoms with Gasteiger partial charge in [-0.2, -0.15) is 0 Å². The Morgan fingerprint density at radius 1 is 1.24 bits per heavy atom. The Morgan fingerprint density at radius 2 is 1.88 bits per heavy atom. The SMILES string of the molecule is CC(C)C[C@H](N)C(=O)C[C@@H](Cc1ccccc1)C(O)C(=O)NC1CC1. The fourth-order valence-corrected chi connectivity index (χ4v) is 2.99. The summed E-state index contributed by atoms with van der Waals surface area (Å²) in [6.45, 7) is 4.04. The van der Waals surface area contributed by atoms with Crippen molar-refractivity contribution in [2.75, 3.05) is 0 Å². The fraction of sp³-hybridized carbons (Fsp3) is 0.600. The van der Waals surface area contributed by atoms with Crippen molar-refractivity contribution in [2.45, 2.75) is 64.1 Å². The first-order valence-corrected chi connectivity index (χ1v) is 9.17. The van der Waals surface area contributed by atoms with Gasteiger partial charge in [-0.15, -0.1) is 0 Å². The van der Waals surface area contributed by atoms with Crippen LogP contribution in [0.15, 0.2) is 30.3 Å². The molecule has 0 bridgehead atoms. The Hall–Kier alpha value is -1.72. The number of carbonyl (C=O) groups is 2. The normalized spacial score (nSPS) is 17.8. The van der Waals surface area contributed by atoms with E-state index < -0.39 is 18.1 Å². The second-order valence-corrected chi connectivity index (χ2v) is 7.58. The van der Waals surface area contributed by atoms with Gasteiger partial charge in [0.1, 0.15) is 11.9 Å². The number of hydrogen-bond donors (Lipinski definition) is 3. The first-order valence-electron chi connectivity index (χ1n) is 9.17. The maximum atomic E-state index is 12.5. The number of carbonyl (C=O) groups excluding carboxylic acids is 2. The van der Waals surface area contributed by atoms with E-state index in [2.05, 4.69) is 5.32 Å². The molecule has 138 valence electrons. The van der Waals surface area contributed by atoms with Gasteiger partial charge in [-0.05, 0) is 37.2 Å². The monoisotopic (exact) mass is 346 g/mol. The van der Waals surface area contributed by atoms with Crippen LogP contribution in [0, 0.1) is 11.8 Å². The molecular formula is C20H30N2O3. The first kappa shape index (κ1) is 19.6. The zero-order valence-electron chi connectivity index (χ0n) is 15.2. The molecule has 1 saturated carbocycles. The average Bonchev–Trinajstić information content (AvgIpc) is 3.37. The van der Waals surface area contributed by atoms with E-state index in [1.54, 1.807) is 0 Å². The number of amides is 1. The van der Waals surface area contributed by atoms with Crippen LogP contribution in [0.2, 0.25) is 0 Å². The van der Waals surface area contributed by atoms with E-state index in [4.69, 9.17) is 5.73 Å². The lowest BCUT2D eigenvalue weighted by atomic mass is 9.86. The van der Waals surface area contributed by atoms with Crippen LogP contribution in [0.5, 0.6) is 0 Å². The molecule has 0 saturated heterocycles. The summed E-state index contributed by atoms with van der Waals surface area (Å²) in [6.07, 6.45) is 1.92. The van der Waals surface area contributed by atoms with E-state index in [0.717, 1.165) is 18.4 Å². The second-order valence-electron chi connectivity index (χ2n) is 7.58. The highest BCUT2D eigenvalue weighted by Crippen LogP contribution is 2.22. The Bertz CT molecular complexity index is 570. The Labute approximate surface area is 150 Å². The quantitative estimate of drug-likeness (QED) is 0.602. The molecule has 25 heavy (non-hydrogen) atoms. The van der Waals surface area contributed by atoms with Gasteiger partial charge in [-0.1, -0.05) is 44.2 Å². The van der Waals surface area contributed by atoms with Crippen LogP contribution in [-0.2, 0) is 16.0 Å². The molecule has 3 atom stereocenters. The molecule has 4 N–H and O–H groups in total. The van der Waals surface area contributed by atoms with Gasteiger partial charge in [0, 0.05) is 18.4 Å². The van der Waals surface area contributed by atoms with Crippen LogP contribution in [0.4, 0.5) is 0 Å². The van der Waals surface area contributed by atoms with E-state index in [-0.39, 0.29) is 24.2 Å². The summed E-state index contributed by atoms with van der Waals surface area (Å²) in [4.78, 5) is 24.7. The number of nitrogens with one attached hydrogen (secondary N) is 1. The molecule has 1 amide bonds. The van der Waals surface area contributed by atoms with Crippen molar-refractivity contribution >= 4 is 11.7 Å². The molecule has 0 aromatic heterocycles. The van der Waals surface area contributed by atoms with Crippen molar-refractivity contribution in [3.8, 4) is 0 Å². The van der Waals surface area contributed by atoms with Crippen molar-refractivity contribution in [2.24, 2.45) is 17.6 Å². The van der Waals surface area contributed by atoms with Crippen LogP contribution < -0.4 is 11.1 Å². The number of benzene rings is 1. The lowest BCUT2D eigenvalue weighted by Gasteiger charge is -2.24. The number of aliphatic hydroxyl groups is 1. The van der Waals surface area contributed by atoms with Crippen molar-refractivity contribution in [1.29, 1.82) is 0 Å². The fourth-order valence-electron chi connectivity index (χ4n) is 2.99. The van der Waals surface area contributed by atoms with Crippen molar-refractivity contribution in [3.05, 3.63) is 35.9 Å². The third-order valence-corrected chi connectivity index (χ3v) is 4.58. The maximum Gasteiger partial charge on any atom is 0.249 e. The van der Waals surface area contributed by atoms with Gasteiger partial charge in [0.25, 0.3) is 0 Å². The number of Topliss-reactive ketones (excluding diaryl/α,β-unsaturated/α-hetero) is 1. The molecule has 0 spiro atoms. The molecule has 1 aromatic carbocycles. The molecule has 5 heteroatoms. The van der Waals surface area contributed by atoms with Crippen molar-refractivity contribution in [3.63, 3.8) is 0 Å². The van der Waals surface area contributed by atoms with Crippen molar-refractivity contribution < 1.29 is 14.7 Å². The van der Waals surface area contributed by atoms with Gasteiger partial charge < -0.3 is 16.2 Å². The lowest BCUT2D eigenvalue weighted by molar-refractivity contribution is -0.133. The number of rotatable bonds is 10. The second kappa shape index (κ2) is 9.11. The molecule has 5 nitrogen and oxygen atoms in total. The highest BCUT2D eigenvalue weighted by molar-refractivity contribution is 5.86. The number of hydrogen-bond acceptors (Lipinski definition) is 4. The summed E-state index contributed by atoms with van der Waals surface area (Å²) < 4.78 is 0. The van der Waals surface area contributed by atoms with Gasteiger partial charge in [-0.25, -0.2) is 0 Å². The molecule has 1 aliphatic rings. The van der Waals surface area contributed by atoms with E-state index in [1.165, 1.54) is 0 Å². The third kappa shape index (κ3) is 6.59. The highest BCUT2D eigenvalue weighted by atomic mass is 16.3. The minimum atomic E-state index is -1.20. The van der Waals surface area contributed by atoms with E-state index in [0.29, 0.717) is 18.8 Å². The zero-order chi connectivity index (χ0) is 18.4. The average molecular weight is 346 g/mol. The molecular weight excluding hydrogens is 316 g/mol. The number of nitrogens with two attached hydrogens (primary N) is 1. The summed E-state index contributed by atoms with van der Waals surface area (Å²) in [7, 11) is 0. The molecule has 1 fully saturated rings. The smallest absolute Gasteiger partial charge is 0.249 e. The summed E-state index contributed by atoms with van der Waals surface area (Å²) in [5.74, 6) is -0.608. The van der Waals surface area contributed by atoms with Crippen LogP contribution >= 0.6 is 0 Å². The van der Waals surface area contributed by atoms with Crippen LogP contribution in [-0.4, -0.2) is 35.0 Å². The van der Waals surface area contributed by atoms with E-state index in [1.807, 2.05) is 44.2 Å². The van der Waals surface area contributed by atoms with E-state index in [9.17, 15) is 14.7 Å². The minimum Gasteiger partial charge on any atom is -0.383 e. The standard InChI is InChI=1S/C20H30N2O3/c1-13(2)10-17(21)18(23)12-15(11-14-6-4-3-5-7-14)19(24)20(25)22-16-8-9-16/h3-7,13,15-17,19,24H,8-12,21H2,1-2H3,(H,22,25)/t15-,17+,19?/m1/s1. The van der Waals surface area contributed by atoms with E-state index >= 15 is 0 Å². The predicted molar refractivity (Wildman–Crippen MR) is 97.9 cm³/mol. The van der Waals surface area contributed by atoms with Gasteiger partial charge in [0.05, 0.1) is 6.04 Å². The Kier molecular flexibility index (Phi) is 7.14. The first-order chi connectivity index (χ1) is 11.9. The van der Waals surface area contributed by atoms with Crippen LogP contribution in [0.1, 0.15) is 45.1 Å². The molecule has 0 aliphatic heterocycles. The molecule has 1 unspecified atom stereocenters. The number of ketones is 1. The lowest BCUT2D eigenvalue weighted by Crippen LogP contribution is -2.43. The largest absolute Gasteiger partial charge is 0.383 e. The third-order valence-electron chi connectivity index (χ3n) is 4.58. The number of aliphatic hydroxyl groups excluding tert-OH is 1. The summed E-state index contributed by atoms with van der Waals surface area (Å²) in [6, 6.07) is 9.26. The van der Waals surface area contributed by atoms with Crippen molar-refractivity contribution in [1.82, 2.24) is 5.32 Å². The molecule has 2 rings (SSSR count). The van der Waals surface area contributed by atoms with Gasteiger partial charge in [-0.3, -0.25) is 9.59 Å². The topological polar surface area (TPSA) is 92.4 Å². The summed E-state index contributed by atoms with van der Waals surface area (Å²) in [5, 5.41) is 13.3. The molecule has 1 aromatic rings. The minimum absolute atomic E-state index is 0.0899. The molecule has 0 heterocycles. The maximum absolute atomic E-state index is 12.5. The zero-order valence-corrected chi connectivity index (χ0v) is 15.2. The molecule has 0 radical (unpaired) electrons. The van der Waals surface area contributed by atoms with Gasteiger partial charge >= 0.3 is 0 Å². The van der Waals surface area contributed by atoms with Crippen LogP contribution in [0.25, 0.3) is 0 Å². The highest BCUT2D eigenvalue weighted by Gasteiger charge is 2.33. The van der Waals surface area contributed by atoms with Gasteiger partial charge in [0.15, 0.2) is 0 Å². The Balaban J connectivity index is 2.04. The van der Waals surface area contributed by atoms with Gasteiger partial charge in [0.2, 0.25) is 5.91 Å². The summed E-state index contributed by atoms with van der Waals surface area (Å²) in [5.41, 5.74) is 6.99. The molecule has 1 aliphatic carbocycles. The summed E-state index contributed by atoms with van der Waals surface area (Å²) >= 11 is 0.